The van der Waals surface area contributed by atoms with E-state index in [0.29, 0.717) is 0 Å². The van der Waals surface area contributed by atoms with Gasteiger partial charge in [0.05, 0.1) is 15.6 Å². The summed E-state index contributed by atoms with van der Waals surface area (Å²) in [7, 11) is 0. The standard InChI is InChI=1S/C11H13NOS.C2H6/c1-11(2,3)12-10(13)8-6-4-5-7-9(8)14-12;1-2/h4-7H,1-3H3;1-2H3. The third-order valence-corrected chi connectivity index (χ3v) is 3.55. The van der Waals surface area contributed by atoms with Gasteiger partial charge in [-0.2, -0.15) is 0 Å². The van der Waals surface area contributed by atoms with Crippen LogP contribution < -0.4 is 5.56 Å². The van der Waals surface area contributed by atoms with Crippen molar-refractivity contribution in [1.82, 2.24) is 3.96 Å². The summed E-state index contributed by atoms with van der Waals surface area (Å²) in [6.45, 7) is 10.1. The molecule has 3 heteroatoms. The van der Waals surface area contributed by atoms with Crippen LogP contribution in [0.3, 0.4) is 0 Å². The van der Waals surface area contributed by atoms with E-state index in [2.05, 4.69) is 0 Å². The third-order valence-electron chi connectivity index (χ3n) is 2.10. The lowest BCUT2D eigenvalue weighted by Gasteiger charge is -2.17. The molecule has 0 atom stereocenters. The van der Waals surface area contributed by atoms with Crippen LogP contribution in [0.25, 0.3) is 10.1 Å². The first-order valence-electron chi connectivity index (χ1n) is 5.62. The van der Waals surface area contributed by atoms with Gasteiger partial charge < -0.3 is 0 Å². The molecule has 0 unspecified atom stereocenters. The lowest BCUT2D eigenvalue weighted by atomic mass is 10.1. The Hall–Kier alpha value is -1.09. The molecular weight excluding hydrogens is 218 g/mol. The van der Waals surface area contributed by atoms with E-state index in [1.807, 2.05) is 62.8 Å². The normalized spacial score (nSPS) is 11.1. The molecule has 0 aliphatic rings. The van der Waals surface area contributed by atoms with Gasteiger partial charge in [-0.3, -0.25) is 8.75 Å². The highest BCUT2D eigenvalue weighted by atomic mass is 32.1. The summed E-state index contributed by atoms with van der Waals surface area (Å²) in [6.07, 6.45) is 0. The Kier molecular flexibility index (Phi) is 3.92. The van der Waals surface area contributed by atoms with Crippen molar-refractivity contribution in [3.63, 3.8) is 0 Å². The lowest BCUT2D eigenvalue weighted by molar-refractivity contribution is 0.420. The van der Waals surface area contributed by atoms with Crippen molar-refractivity contribution < 1.29 is 0 Å². The summed E-state index contributed by atoms with van der Waals surface area (Å²) < 4.78 is 2.89. The smallest absolute Gasteiger partial charge is 0.268 e. The molecule has 1 aromatic carbocycles. The van der Waals surface area contributed by atoms with Gasteiger partial charge in [0, 0.05) is 0 Å². The van der Waals surface area contributed by atoms with Crippen molar-refractivity contribution in [3.8, 4) is 0 Å². The highest BCUT2D eigenvalue weighted by Gasteiger charge is 2.18. The van der Waals surface area contributed by atoms with Crippen molar-refractivity contribution in [2.75, 3.05) is 0 Å². The van der Waals surface area contributed by atoms with Crippen LogP contribution in [-0.2, 0) is 5.54 Å². The summed E-state index contributed by atoms with van der Waals surface area (Å²) in [4.78, 5) is 11.9. The van der Waals surface area contributed by atoms with Gasteiger partial charge in [-0.1, -0.05) is 37.5 Å². The molecule has 2 rings (SSSR count). The van der Waals surface area contributed by atoms with E-state index in [1.54, 1.807) is 0 Å². The second-order valence-corrected chi connectivity index (χ2v) is 5.35. The van der Waals surface area contributed by atoms with E-state index in [0.717, 1.165) is 10.1 Å². The molecule has 0 N–H and O–H groups in total. The molecule has 2 aromatic rings. The van der Waals surface area contributed by atoms with Gasteiger partial charge in [-0.25, -0.2) is 0 Å². The largest absolute Gasteiger partial charge is 0.269 e. The molecule has 0 saturated carbocycles. The van der Waals surface area contributed by atoms with Crippen LogP contribution in [-0.4, -0.2) is 3.96 Å². The maximum Gasteiger partial charge on any atom is 0.269 e. The Balaban J connectivity index is 0.000000606. The van der Waals surface area contributed by atoms with E-state index < -0.39 is 0 Å². The molecule has 88 valence electrons. The zero-order valence-electron chi connectivity index (χ0n) is 10.6. The van der Waals surface area contributed by atoms with Crippen molar-refractivity contribution in [1.29, 1.82) is 0 Å². The maximum atomic E-state index is 11.9. The van der Waals surface area contributed by atoms with E-state index in [4.69, 9.17) is 0 Å². The Labute approximate surface area is 101 Å². The molecule has 2 nitrogen and oxygen atoms in total. The minimum Gasteiger partial charge on any atom is -0.268 e. The van der Waals surface area contributed by atoms with Crippen molar-refractivity contribution in [3.05, 3.63) is 34.6 Å². The average molecular weight is 237 g/mol. The minimum atomic E-state index is -0.124. The SMILES string of the molecule is CC.CC(C)(C)n1sc2ccccc2c1=O. The van der Waals surface area contributed by atoms with Crippen molar-refractivity contribution >= 4 is 21.6 Å². The molecule has 16 heavy (non-hydrogen) atoms. The maximum absolute atomic E-state index is 11.9. The van der Waals surface area contributed by atoms with E-state index in [1.165, 1.54) is 11.5 Å². The van der Waals surface area contributed by atoms with Crippen molar-refractivity contribution in [2.45, 2.75) is 40.2 Å². The molecule has 0 amide bonds. The van der Waals surface area contributed by atoms with Gasteiger partial charge in [-0.05, 0) is 32.9 Å². The molecule has 0 spiro atoms. The van der Waals surface area contributed by atoms with Crippen LogP contribution >= 0.6 is 11.5 Å². The summed E-state index contributed by atoms with van der Waals surface area (Å²) in [5.41, 5.74) is -0.000995. The van der Waals surface area contributed by atoms with Crippen LogP contribution in [0.5, 0.6) is 0 Å². The Bertz CT molecular complexity index is 516. The Morgan fingerprint density at radius 3 is 2.19 bits per heavy atom. The zero-order chi connectivity index (χ0) is 12.3. The number of aromatic nitrogens is 1. The lowest BCUT2D eigenvalue weighted by Crippen LogP contribution is -2.29. The monoisotopic (exact) mass is 237 g/mol. The fraction of sp³-hybridized carbons (Fsp3) is 0.462. The first kappa shape index (κ1) is 13.0. The highest BCUT2D eigenvalue weighted by molar-refractivity contribution is 7.13. The highest BCUT2D eigenvalue weighted by Crippen LogP contribution is 2.22. The molecule has 0 bridgehead atoms. The molecule has 0 fully saturated rings. The summed E-state index contributed by atoms with van der Waals surface area (Å²) >= 11 is 1.53. The molecule has 0 aliphatic heterocycles. The van der Waals surface area contributed by atoms with E-state index >= 15 is 0 Å². The van der Waals surface area contributed by atoms with Crippen LogP contribution in [0.4, 0.5) is 0 Å². The number of benzene rings is 1. The minimum absolute atomic E-state index is 0.123. The molecule has 0 radical (unpaired) electrons. The second kappa shape index (κ2) is 4.83. The predicted molar refractivity (Wildman–Crippen MR) is 72.4 cm³/mol. The quantitative estimate of drug-likeness (QED) is 0.682. The molecular formula is C13H19NOS. The van der Waals surface area contributed by atoms with E-state index in [-0.39, 0.29) is 11.1 Å². The summed E-state index contributed by atoms with van der Waals surface area (Å²) in [6, 6.07) is 7.74. The summed E-state index contributed by atoms with van der Waals surface area (Å²) in [5.74, 6) is 0. The van der Waals surface area contributed by atoms with Crippen molar-refractivity contribution in [2.24, 2.45) is 0 Å². The number of rotatable bonds is 0. The van der Waals surface area contributed by atoms with Gasteiger partial charge in [-0.15, -0.1) is 0 Å². The zero-order valence-corrected chi connectivity index (χ0v) is 11.4. The van der Waals surface area contributed by atoms with E-state index in [9.17, 15) is 4.79 Å². The first-order valence-corrected chi connectivity index (χ1v) is 6.39. The molecule has 1 aromatic heterocycles. The first-order chi connectivity index (χ1) is 7.50. The van der Waals surface area contributed by atoms with Crippen LogP contribution in [0.1, 0.15) is 34.6 Å². The predicted octanol–water partition coefficient (Wildman–Crippen LogP) is 3.84. The van der Waals surface area contributed by atoms with Gasteiger partial charge in [0.1, 0.15) is 0 Å². The molecule has 0 aliphatic carbocycles. The van der Waals surface area contributed by atoms with Crippen LogP contribution in [0.15, 0.2) is 29.1 Å². The van der Waals surface area contributed by atoms with Crippen LogP contribution in [0, 0.1) is 0 Å². The van der Waals surface area contributed by atoms with Gasteiger partial charge in [0.15, 0.2) is 0 Å². The van der Waals surface area contributed by atoms with Gasteiger partial charge in [0.2, 0.25) is 0 Å². The van der Waals surface area contributed by atoms with Gasteiger partial charge >= 0.3 is 0 Å². The second-order valence-electron chi connectivity index (χ2n) is 4.36. The van der Waals surface area contributed by atoms with Crippen LogP contribution in [0.2, 0.25) is 0 Å². The topological polar surface area (TPSA) is 22.0 Å². The van der Waals surface area contributed by atoms with Gasteiger partial charge in [0.25, 0.3) is 5.56 Å². The summed E-state index contributed by atoms with van der Waals surface area (Å²) in [5, 5.41) is 0.826. The third kappa shape index (κ3) is 2.35. The fourth-order valence-electron chi connectivity index (χ4n) is 1.41. The molecule has 0 saturated heterocycles. The Morgan fingerprint density at radius 1 is 1.12 bits per heavy atom. The number of hydrogen-bond acceptors (Lipinski definition) is 2. The molecule has 1 heterocycles. The number of nitrogens with zero attached hydrogens (tertiary/aromatic N) is 1. The Morgan fingerprint density at radius 2 is 1.69 bits per heavy atom. The number of hydrogen-bond donors (Lipinski definition) is 0. The fourth-order valence-corrected chi connectivity index (χ4v) is 2.46. The number of fused-ring (bicyclic) bond motifs is 1. The average Bonchev–Trinajstić information content (AvgIpc) is 2.60.